The Balaban J connectivity index is 2.26. The molecule has 0 aliphatic rings. The van der Waals surface area contributed by atoms with Crippen LogP contribution in [0.15, 0.2) is 48.7 Å². The molecule has 1 aromatic carbocycles. The van der Waals surface area contributed by atoms with Gasteiger partial charge in [0.2, 0.25) is 0 Å². The third-order valence-electron chi connectivity index (χ3n) is 2.85. The number of benzene rings is 1. The van der Waals surface area contributed by atoms with Crippen LogP contribution in [0.2, 0.25) is 5.02 Å². The van der Waals surface area contributed by atoms with Gasteiger partial charge in [-0.25, -0.2) is 4.98 Å². The van der Waals surface area contributed by atoms with Gasteiger partial charge in [0.05, 0.1) is 17.1 Å². The highest BCUT2D eigenvalue weighted by atomic mass is 35.5. The fourth-order valence-electron chi connectivity index (χ4n) is 2.00. The third kappa shape index (κ3) is 1.88. The van der Waals surface area contributed by atoms with Crippen LogP contribution in [0.3, 0.4) is 0 Å². The summed E-state index contributed by atoms with van der Waals surface area (Å²) in [5.74, 6) is 1.29. The number of nitrogens with zero attached hydrogens (tertiary/aromatic N) is 2. The standard InChI is InChI=1S/C14H10Cl2N2/c15-9-12-13-3-1-2-8-18(13)14(17-12)10-4-6-11(16)7-5-10/h1-8H,9H2. The van der Waals surface area contributed by atoms with E-state index in [1.807, 2.05) is 53.1 Å². The van der Waals surface area contributed by atoms with Crippen molar-refractivity contribution in [3.63, 3.8) is 0 Å². The smallest absolute Gasteiger partial charge is 0.144 e. The summed E-state index contributed by atoms with van der Waals surface area (Å²) in [7, 11) is 0. The van der Waals surface area contributed by atoms with Crippen LogP contribution in [0, 0.1) is 0 Å². The molecular weight excluding hydrogens is 267 g/mol. The lowest BCUT2D eigenvalue weighted by molar-refractivity contribution is 1.16. The van der Waals surface area contributed by atoms with E-state index in [2.05, 4.69) is 4.98 Å². The van der Waals surface area contributed by atoms with Crippen LogP contribution in [0.25, 0.3) is 16.9 Å². The minimum Gasteiger partial charge on any atom is -0.299 e. The van der Waals surface area contributed by atoms with E-state index in [1.54, 1.807) is 0 Å². The highest BCUT2D eigenvalue weighted by Crippen LogP contribution is 2.24. The van der Waals surface area contributed by atoms with Crippen LogP contribution in [0.5, 0.6) is 0 Å². The molecular formula is C14H10Cl2N2. The highest BCUT2D eigenvalue weighted by molar-refractivity contribution is 6.30. The van der Waals surface area contributed by atoms with Crippen molar-refractivity contribution in [2.45, 2.75) is 5.88 Å². The van der Waals surface area contributed by atoms with Gasteiger partial charge in [-0.05, 0) is 36.4 Å². The first-order valence-corrected chi connectivity index (χ1v) is 6.48. The molecule has 4 heteroatoms. The summed E-state index contributed by atoms with van der Waals surface area (Å²) in [6, 6.07) is 13.6. The number of rotatable bonds is 2. The van der Waals surface area contributed by atoms with Gasteiger partial charge >= 0.3 is 0 Å². The predicted octanol–water partition coefficient (Wildman–Crippen LogP) is 4.39. The molecule has 90 valence electrons. The minimum absolute atomic E-state index is 0.404. The molecule has 3 rings (SSSR count). The summed E-state index contributed by atoms with van der Waals surface area (Å²) in [4.78, 5) is 4.60. The fraction of sp³-hybridized carbons (Fsp3) is 0.0714. The first-order valence-electron chi connectivity index (χ1n) is 5.57. The van der Waals surface area contributed by atoms with Crippen LogP contribution in [0.1, 0.15) is 5.69 Å². The molecule has 3 aromatic rings. The van der Waals surface area contributed by atoms with E-state index < -0.39 is 0 Å². The Bertz CT molecular complexity index is 687. The van der Waals surface area contributed by atoms with Crippen LogP contribution in [-0.2, 0) is 5.88 Å². The maximum Gasteiger partial charge on any atom is 0.144 e. The number of pyridine rings is 1. The molecule has 0 unspecified atom stereocenters. The average Bonchev–Trinajstić information content (AvgIpc) is 2.79. The van der Waals surface area contributed by atoms with Crippen molar-refractivity contribution in [1.82, 2.24) is 9.38 Å². The lowest BCUT2D eigenvalue weighted by Gasteiger charge is -2.00. The molecule has 0 saturated heterocycles. The van der Waals surface area contributed by atoms with Gasteiger partial charge in [0, 0.05) is 16.8 Å². The van der Waals surface area contributed by atoms with E-state index in [1.165, 1.54) is 0 Å². The van der Waals surface area contributed by atoms with Crippen molar-refractivity contribution in [1.29, 1.82) is 0 Å². The van der Waals surface area contributed by atoms with Gasteiger partial charge in [-0.3, -0.25) is 4.40 Å². The predicted molar refractivity (Wildman–Crippen MR) is 75.2 cm³/mol. The first kappa shape index (κ1) is 11.6. The van der Waals surface area contributed by atoms with Gasteiger partial charge in [-0.2, -0.15) is 0 Å². The maximum absolute atomic E-state index is 5.93. The van der Waals surface area contributed by atoms with Crippen LogP contribution in [0.4, 0.5) is 0 Å². The van der Waals surface area contributed by atoms with Gasteiger partial charge in [0.25, 0.3) is 0 Å². The molecule has 0 radical (unpaired) electrons. The molecule has 0 saturated carbocycles. The van der Waals surface area contributed by atoms with Crippen molar-refractivity contribution in [2.24, 2.45) is 0 Å². The SMILES string of the molecule is ClCc1nc(-c2ccc(Cl)cc2)n2ccccc12. The van der Waals surface area contributed by atoms with Crippen molar-refractivity contribution in [3.8, 4) is 11.4 Å². The quantitative estimate of drug-likeness (QED) is 0.635. The largest absolute Gasteiger partial charge is 0.299 e. The molecule has 0 atom stereocenters. The zero-order chi connectivity index (χ0) is 12.5. The Morgan fingerprint density at radius 2 is 1.83 bits per heavy atom. The molecule has 2 nitrogen and oxygen atoms in total. The van der Waals surface area contributed by atoms with Crippen LogP contribution < -0.4 is 0 Å². The van der Waals surface area contributed by atoms with Crippen LogP contribution >= 0.6 is 23.2 Å². The highest BCUT2D eigenvalue weighted by Gasteiger charge is 2.11. The van der Waals surface area contributed by atoms with E-state index in [9.17, 15) is 0 Å². The second-order valence-electron chi connectivity index (χ2n) is 3.98. The zero-order valence-electron chi connectivity index (χ0n) is 9.48. The number of hydrogen-bond acceptors (Lipinski definition) is 1. The van der Waals surface area contributed by atoms with E-state index in [0.29, 0.717) is 5.88 Å². The van der Waals surface area contributed by atoms with Gasteiger partial charge in [-0.1, -0.05) is 17.7 Å². The Morgan fingerprint density at radius 3 is 2.56 bits per heavy atom. The topological polar surface area (TPSA) is 17.3 Å². The monoisotopic (exact) mass is 276 g/mol. The summed E-state index contributed by atoms with van der Waals surface area (Å²) < 4.78 is 2.04. The summed E-state index contributed by atoms with van der Waals surface area (Å²) in [5, 5.41) is 0.720. The second kappa shape index (κ2) is 4.63. The number of alkyl halides is 1. The molecule has 0 amide bonds. The van der Waals surface area contributed by atoms with Crippen molar-refractivity contribution < 1.29 is 0 Å². The van der Waals surface area contributed by atoms with E-state index in [0.717, 1.165) is 27.6 Å². The number of fused-ring (bicyclic) bond motifs is 1. The Hall–Kier alpha value is -1.51. The number of aromatic nitrogens is 2. The molecule has 2 aromatic heterocycles. The van der Waals surface area contributed by atoms with E-state index in [4.69, 9.17) is 23.2 Å². The van der Waals surface area contributed by atoms with E-state index >= 15 is 0 Å². The number of hydrogen-bond donors (Lipinski definition) is 0. The minimum atomic E-state index is 0.404. The van der Waals surface area contributed by atoms with Crippen molar-refractivity contribution in [3.05, 3.63) is 59.4 Å². The Morgan fingerprint density at radius 1 is 1.06 bits per heavy atom. The Kier molecular flexibility index (Phi) is 2.98. The summed E-state index contributed by atoms with van der Waals surface area (Å²) in [6.45, 7) is 0. The molecule has 0 N–H and O–H groups in total. The molecule has 0 aliphatic carbocycles. The van der Waals surface area contributed by atoms with E-state index in [-0.39, 0.29) is 0 Å². The fourth-order valence-corrected chi connectivity index (χ4v) is 2.33. The molecule has 0 spiro atoms. The van der Waals surface area contributed by atoms with Gasteiger partial charge in [-0.15, -0.1) is 11.6 Å². The van der Waals surface area contributed by atoms with Crippen molar-refractivity contribution >= 4 is 28.7 Å². The van der Waals surface area contributed by atoms with Gasteiger partial charge < -0.3 is 0 Å². The summed E-state index contributed by atoms with van der Waals surface area (Å²) in [5.41, 5.74) is 2.96. The lowest BCUT2D eigenvalue weighted by Crippen LogP contribution is -1.87. The normalized spacial score (nSPS) is 11.0. The van der Waals surface area contributed by atoms with Crippen molar-refractivity contribution in [2.75, 3.05) is 0 Å². The maximum atomic E-state index is 5.93. The molecule has 0 fully saturated rings. The third-order valence-corrected chi connectivity index (χ3v) is 3.36. The second-order valence-corrected chi connectivity index (χ2v) is 4.68. The van der Waals surface area contributed by atoms with Gasteiger partial charge in [0.1, 0.15) is 5.82 Å². The molecule has 0 bridgehead atoms. The van der Waals surface area contributed by atoms with Gasteiger partial charge in [0.15, 0.2) is 0 Å². The number of imidazole rings is 1. The number of halogens is 2. The molecule has 18 heavy (non-hydrogen) atoms. The van der Waals surface area contributed by atoms with Crippen LogP contribution in [-0.4, -0.2) is 9.38 Å². The summed E-state index contributed by atoms with van der Waals surface area (Å²) >= 11 is 11.8. The molecule has 0 aliphatic heterocycles. The zero-order valence-corrected chi connectivity index (χ0v) is 11.0. The lowest BCUT2D eigenvalue weighted by atomic mass is 10.2. The first-order chi connectivity index (χ1) is 8.79. The summed E-state index contributed by atoms with van der Waals surface area (Å²) in [6.07, 6.45) is 1.99. The Labute approximate surface area is 115 Å². The average molecular weight is 277 g/mol. The molecule has 2 heterocycles.